The summed E-state index contributed by atoms with van der Waals surface area (Å²) in [4.78, 5) is 45.2. The Bertz CT molecular complexity index is 868. The van der Waals surface area contributed by atoms with Gasteiger partial charge in [0.1, 0.15) is 18.3 Å². The third-order valence-corrected chi connectivity index (χ3v) is 4.49. The molecule has 1 aliphatic heterocycles. The maximum atomic E-state index is 12.0. The van der Waals surface area contributed by atoms with Gasteiger partial charge in [-0.15, -0.1) is 0 Å². The van der Waals surface area contributed by atoms with Crippen LogP contribution in [0, 0.1) is 0 Å². The molecular weight excluding hydrogens is 450 g/mol. The van der Waals surface area contributed by atoms with Gasteiger partial charge in [-0.05, 0) is 22.5 Å². The smallest absolute Gasteiger partial charge is 0.380 e. The Kier molecular flexibility index (Phi) is 7.65. The van der Waals surface area contributed by atoms with E-state index < -0.39 is 66.8 Å². The summed E-state index contributed by atoms with van der Waals surface area (Å²) < 4.78 is 26.8. The SMILES string of the molecule is COOC(=O)COc1cn([C@@H]2O[C@H](COP(=O)(Cl)Cl)C(O)[C@@H]2O)c(=O)[nH]c1=O. The number of carbonyl (C=O) groups is 1. The summed E-state index contributed by atoms with van der Waals surface area (Å²) >= 11 is 10.5. The quantitative estimate of drug-likeness (QED) is 0.250. The van der Waals surface area contributed by atoms with Gasteiger partial charge in [-0.1, -0.05) is 0 Å². The Morgan fingerprint density at radius 1 is 1.36 bits per heavy atom. The molecular formula is C12H15Cl2N2O11P. The van der Waals surface area contributed by atoms with Crippen molar-refractivity contribution < 1.29 is 43.3 Å². The summed E-state index contributed by atoms with van der Waals surface area (Å²) in [6, 6.07) is 0. The lowest BCUT2D eigenvalue weighted by Gasteiger charge is -2.18. The van der Waals surface area contributed by atoms with Crippen LogP contribution in [0.2, 0.25) is 0 Å². The van der Waals surface area contributed by atoms with E-state index in [1.807, 2.05) is 4.98 Å². The van der Waals surface area contributed by atoms with Crippen molar-refractivity contribution in [3.05, 3.63) is 27.0 Å². The van der Waals surface area contributed by atoms with Crippen molar-refractivity contribution in [2.75, 3.05) is 20.3 Å². The molecule has 1 saturated heterocycles. The van der Waals surface area contributed by atoms with Gasteiger partial charge in [-0.25, -0.2) is 9.59 Å². The van der Waals surface area contributed by atoms with E-state index in [4.69, 9.17) is 32.0 Å². The van der Waals surface area contributed by atoms with Crippen molar-refractivity contribution in [1.29, 1.82) is 0 Å². The van der Waals surface area contributed by atoms with Gasteiger partial charge >= 0.3 is 17.7 Å². The van der Waals surface area contributed by atoms with Crippen molar-refractivity contribution in [2.45, 2.75) is 24.5 Å². The van der Waals surface area contributed by atoms with E-state index in [1.165, 1.54) is 0 Å². The lowest BCUT2D eigenvalue weighted by atomic mass is 10.1. The molecule has 0 spiro atoms. The first-order chi connectivity index (χ1) is 13.0. The van der Waals surface area contributed by atoms with Crippen LogP contribution >= 0.6 is 28.6 Å². The highest BCUT2D eigenvalue weighted by Gasteiger charge is 2.45. The number of nitrogens with zero attached hydrogens (tertiary/aromatic N) is 1. The highest BCUT2D eigenvalue weighted by Crippen LogP contribution is 2.57. The predicted octanol–water partition coefficient (Wildman–Crippen LogP) is -0.759. The van der Waals surface area contributed by atoms with Crippen molar-refractivity contribution in [3.63, 3.8) is 0 Å². The molecule has 0 aromatic carbocycles. The molecule has 0 radical (unpaired) electrons. The van der Waals surface area contributed by atoms with Crippen LogP contribution in [0.5, 0.6) is 5.75 Å². The Labute approximate surface area is 165 Å². The fraction of sp³-hybridized carbons (Fsp3) is 0.583. The van der Waals surface area contributed by atoms with E-state index in [0.717, 1.165) is 13.3 Å². The number of ether oxygens (including phenoxy) is 2. The Balaban J connectivity index is 2.20. The number of hydrogen-bond acceptors (Lipinski definition) is 11. The molecule has 0 saturated carbocycles. The molecule has 13 nitrogen and oxygen atoms in total. The lowest BCUT2D eigenvalue weighted by Crippen LogP contribution is -2.38. The van der Waals surface area contributed by atoms with Gasteiger partial charge < -0.3 is 24.2 Å². The number of halogens is 2. The topological polar surface area (TPSA) is 176 Å². The van der Waals surface area contributed by atoms with Crippen LogP contribution in [0.3, 0.4) is 0 Å². The number of aromatic amines is 1. The van der Waals surface area contributed by atoms with E-state index in [9.17, 15) is 29.2 Å². The number of aliphatic hydroxyl groups is 2. The summed E-state index contributed by atoms with van der Waals surface area (Å²) in [6.07, 6.45) is -9.00. The van der Waals surface area contributed by atoms with Crippen LogP contribution in [-0.4, -0.2) is 64.4 Å². The molecule has 1 aromatic rings. The first-order valence-corrected chi connectivity index (χ1v) is 10.8. The molecule has 0 amide bonds. The molecule has 3 N–H and O–H groups in total. The van der Waals surface area contributed by atoms with Gasteiger partial charge in [0, 0.05) is 0 Å². The second kappa shape index (κ2) is 9.37. The van der Waals surface area contributed by atoms with Gasteiger partial charge in [0.15, 0.2) is 12.8 Å². The number of nitrogens with one attached hydrogen (secondary N) is 1. The van der Waals surface area contributed by atoms with Crippen molar-refractivity contribution in [3.8, 4) is 5.75 Å². The monoisotopic (exact) mass is 464 g/mol. The first kappa shape index (κ1) is 22.8. The van der Waals surface area contributed by atoms with E-state index in [-0.39, 0.29) is 0 Å². The van der Waals surface area contributed by atoms with E-state index in [2.05, 4.69) is 14.3 Å². The van der Waals surface area contributed by atoms with E-state index in [0.29, 0.717) is 4.57 Å². The molecule has 16 heteroatoms. The van der Waals surface area contributed by atoms with Crippen LogP contribution < -0.4 is 16.0 Å². The zero-order chi connectivity index (χ0) is 21.1. The minimum atomic E-state index is -3.92. The maximum Gasteiger partial charge on any atom is 0.380 e. The van der Waals surface area contributed by atoms with Gasteiger partial charge in [0.25, 0.3) is 5.56 Å². The second-order valence-corrected chi connectivity index (χ2v) is 9.60. The molecule has 2 rings (SSSR count). The third-order valence-electron chi connectivity index (χ3n) is 3.46. The number of aromatic nitrogens is 2. The van der Waals surface area contributed by atoms with Gasteiger partial charge in [-0.3, -0.25) is 23.8 Å². The summed E-state index contributed by atoms with van der Waals surface area (Å²) in [5.41, 5.74) is -1.97. The molecule has 1 aromatic heterocycles. The normalized spacial score (nSPS) is 24.9. The fourth-order valence-electron chi connectivity index (χ4n) is 2.27. The number of hydrogen-bond donors (Lipinski definition) is 3. The Hall–Kier alpha value is -1.44. The molecule has 0 bridgehead atoms. The molecule has 1 fully saturated rings. The minimum absolute atomic E-state index is 0.483. The zero-order valence-electron chi connectivity index (χ0n) is 14.0. The molecule has 2 heterocycles. The largest absolute Gasteiger partial charge is 0.475 e. The highest BCUT2D eigenvalue weighted by atomic mass is 35.9. The van der Waals surface area contributed by atoms with Crippen LogP contribution in [0.15, 0.2) is 15.8 Å². The van der Waals surface area contributed by atoms with Crippen LogP contribution in [0.1, 0.15) is 6.23 Å². The standard InChI is InChI=1S/C12H15Cl2N2O11P/c1-23-27-7(17)4-24-5-2-16(12(21)15-10(5)20)11-9(19)8(18)6(26-11)3-25-28(13,14)22/h2,6,8-9,11,18-19H,3-4H2,1H3,(H,15,20,21)/t6-,8?,9+,11-/m1/s1. The number of H-pyrrole nitrogens is 1. The van der Waals surface area contributed by atoms with Crippen LogP contribution in [0.25, 0.3) is 0 Å². The molecule has 28 heavy (non-hydrogen) atoms. The minimum Gasteiger partial charge on any atom is -0.475 e. The molecule has 158 valence electrons. The van der Waals surface area contributed by atoms with Crippen LogP contribution in [0.4, 0.5) is 0 Å². The first-order valence-electron chi connectivity index (χ1n) is 7.40. The average molecular weight is 465 g/mol. The third kappa shape index (κ3) is 5.78. The number of aliphatic hydroxyl groups excluding tert-OH is 2. The van der Waals surface area contributed by atoms with Crippen LogP contribution in [-0.2, 0) is 28.4 Å². The van der Waals surface area contributed by atoms with E-state index in [1.54, 1.807) is 0 Å². The highest BCUT2D eigenvalue weighted by molar-refractivity contribution is 8.05. The van der Waals surface area contributed by atoms with Crippen molar-refractivity contribution in [1.82, 2.24) is 9.55 Å². The van der Waals surface area contributed by atoms with E-state index >= 15 is 0 Å². The predicted molar refractivity (Wildman–Crippen MR) is 91.1 cm³/mol. The van der Waals surface area contributed by atoms with Gasteiger partial charge in [0.2, 0.25) is 5.75 Å². The summed E-state index contributed by atoms with van der Waals surface area (Å²) in [6.45, 7) is -1.27. The zero-order valence-corrected chi connectivity index (χ0v) is 16.4. The van der Waals surface area contributed by atoms with Crippen molar-refractivity contribution >= 4 is 34.5 Å². The van der Waals surface area contributed by atoms with Gasteiger partial charge in [-0.2, -0.15) is 4.89 Å². The Morgan fingerprint density at radius 3 is 2.64 bits per heavy atom. The number of carbonyl (C=O) groups excluding carboxylic acids is 1. The summed E-state index contributed by atoms with van der Waals surface area (Å²) in [5.74, 6) is -1.44. The maximum absolute atomic E-state index is 12.0. The summed E-state index contributed by atoms with van der Waals surface area (Å²) in [7, 11) is 1.09. The Morgan fingerprint density at radius 2 is 2.04 bits per heavy atom. The lowest BCUT2D eigenvalue weighted by molar-refractivity contribution is -0.256. The molecule has 0 aliphatic carbocycles. The second-order valence-electron chi connectivity index (χ2n) is 5.33. The fourth-order valence-corrected chi connectivity index (χ4v) is 2.93. The van der Waals surface area contributed by atoms with Crippen molar-refractivity contribution in [2.24, 2.45) is 0 Å². The van der Waals surface area contributed by atoms with Gasteiger partial charge in [0.05, 0.1) is 19.9 Å². The molecule has 4 atom stereocenters. The number of rotatable bonds is 8. The molecule has 1 unspecified atom stereocenters. The average Bonchev–Trinajstić information content (AvgIpc) is 2.87. The summed E-state index contributed by atoms with van der Waals surface area (Å²) in [5, 5.41) is 20.1. The molecule has 1 aliphatic rings.